The molecule has 0 spiro atoms. The third kappa shape index (κ3) is 7.04. The van der Waals surface area contributed by atoms with Crippen molar-refractivity contribution < 1.29 is 27.1 Å². The molecule has 0 radical (unpaired) electrons. The van der Waals surface area contributed by atoms with Gasteiger partial charge in [0, 0.05) is 6.54 Å². The number of hydrogen-bond donors (Lipinski definition) is 3. The van der Waals surface area contributed by atoms with Gasteiger partial charge in [0.25, 0.3) is 0 Å². The van der Waals surface area contributed by atoms with Crippen LogP contribution in [0.1, 0.15) is 19.4 Å². The number of benzene rings is 2. The summed E-state index contributed by atoms with van der Waals surface area (Å²) in [6, 6.07) is 10.8. The number of sulfonamides is 1. The predicted octanol–water partition coefficient (Wildman–Crippen LogP) is 1.57. The lowest BCUT2D eigenvalue weighted by Crippen LogP contribution is -2.51. The molecule has 0 unspecified atom stereocenters. The van der Waals surface area contributed by atoms with Gasteiger partial charge in [-0.05, 0) is 35.7 Å². The summed E-state index contributed by atoms with van der Waals surface area (Å²) >= 11 is 0. The summed E-state index contributed by atoms with van der Waals surface area (Å²) in [4.78, 5) is 24.0. The van der Waals surface area contributed by atoms with E-state index in [4.69, 9.17) is 4.74 Å². The highest BCUT2D eigenvalue weighted by Gasteiger charge is 2.29. The molecule has 0 heterocycles. The molecule has 10 heteroatoms. The van der Waals surface area contributed by atoms with E-state index in [1.165, 1.54) is 12.1 Å². The van der Waals surface area contributed by atoms with Crippen molar-refractivity contribution in [2.24, 2.45) is 5.92 Å². The minimum Gasteiger partial charge on any atom is -0.497 e. The highest BCUT2D eigenvalue weighted by molar-refractivity contribution is 7.89. The zero-order valence-electron chi connectivity index (χ0n) is 17.5. The fourth-order valence-corrected chi connectivity index (χ4v) is 4.09. The van der Waals surface area contributed by atoms with Gasteiger partial charge in [-0.15, -0.1) is 0 Å². The van der Waals surface area contributed by atoms with E-state index in [0.29, 0.717) is 5.75 Å². The van der Waals surface area contributed by atoms with Gasteiger partial charge in [-0.1, -0.05) is 38.1 Å². The quantitative estimate of drug-likeness (QED) is 0.508. The van der Waals surface area contributed by atoms with Gasteiger partial charge in [-0.2, -0.15) is 4.72 Å². The minimum absolute atomic E-state index is 0.256. The minimum atomic E-state index is -4.27. The van der Waals surface area contributed by atoms with Crippen LogP contribution < -0.4 is 20.1 Å². The Balaban J connectivity index is 1.93. The van der Waals surface area contributed by atoms with Gasteiger partial charge < -0.3 is 15.4 Å². The Morgan fingerprint density at radius 1 is 1.03 bits per heavy atom. The summed E-state index contributed by atoms with van der Waals surface area (Å²) in [5.41, 5.74) is 0.846. The van der Waals surface area contributed by atoms with Crippen LogP contribution in [0.2, 0.25) is 0 Å². The van der Waals surface area contributed by atoms with Crippen molar-refractivity contribution in [1.29, 1.82) is 0 Å². The van der Waals surface area contributed by atoms with E-state index in [1.54, 1.807) is 45.2 Å². The lowest BCUT2D eigenvalue weighted by molar-refractivity contribution is -0.127. The lowest BCUT2D eigenvalue weighted by atomic mass is 10.1. The first-order chi connectivity index (χ1) is 14.6. The first kappa shape index (κ1) is 24.3. The summed E-state index contributed by atoms with van der Waals surface area (Å²) in [5.74, 6) is -1.79. The number of carbonyl (C=O) groups is 2. The highest BCUT2D eigenvalue weighted by atomic mass is 32.2. The van der Waals surface area contributed by atoms with Crippen molar-refractivity contribution >= 4 is 21.8 Å². The molecule has 3 N–H and O–H groups in total. The maximum absolute atomic E-state index is 13.9. The van der Waals surface area contributed by atoms with E-state index in [-0.39, 0.29) is 13.1 Å². The molecule has 0 aromatic heterocycles. The Morgan fingerprint density at radius 2 is 1.68 bits per heavy atom. The second-order valence-electron chi connectivity index (χ2n) is 7.12. The number of amides is 2. The Bertz CT molecular complexity index is 1010. The number of carbonyl (C=O) groups excluding carboxylic acids is 2. The van der Waals surface area contributed by atoms with Gasteiger partial charge in [0.05, 0.1) is 13.7 Å². The van der Waals surface area contributed by atoms with Crippen molar-refractivity contribution in [2.45, 2.75) is 31.3 Å². The molecule has 0 saturated heterocycles. The van der Waals surface area contributed by atoms with Crippen LogP contribution in [0.3, 0.4) is 0 Å². The number of halogens is 1. The zero-order valence-corrected chi connectivity index (χ0v) is 18.3. The van der Waals surface area contributed by atoms with Gasteiger partial charge >= 0.3 is 0 Å². The molecular weight excluding hydrogens is 425 g/mol. The first-order valence-corrected chi connectivity index (χ1v) is 11.1. The van der Waals surface area contributed by atoms with Gasteiger partial charge in [-0.25, -0.2) is 12.8 Å². The van der Waals surface area contributed by atoms with Crippen molar-refractivity contribution in [3.05, 3.63) is 59.9 Å². The summed E-state index contributed by atoms with van der Waals surface area (Å²) in [6.07, 6.45) is 0. The van der Waals surface area contributed by atoms with Crippen LogP contribution in [0.15, 0.2) is 53.4 Å². The summed E-state index contributed by atoms with van der Waals surface area (Å²) < 4.78 is 46.2. The fourth-order valence-electron chi connectivity index (χ4n) is 2.67. The lowest BCUT2D eigenvalue weighted by Gasteiger charge is -2.21. The number of hydrogen-bond acceptors (Lipinski definition) is 5. The molecule has 0 aliphatic rings. The van der Waals surface area contributed by atoms with Gasteiger partial charge in [0.2, 0.25) is 21.8 Å². The van der Waals surface area contributed by atoms with Crippen LogP contribution in [-0.4, -0.2) is 39.9 Å². The Kier molecular flexibility index (Phi) is 8.52. The molecule has 1 atom stereocenters. The summed E-state index contributed by atoms with van der Waals surface area (Å²) in [5, 5.41) is 5.07. The normalized spacial score (nSPS) is 12.3. The average Bonchev–Trinajstić information content (AvgIpc) is 2.74. The SMILES string of the molecule is COc1ccc(CNC(=O)CNC(=O)[C@@H](NS(=O)(=O)c2ccccc2F)C(C)C)cc1. The zero-order chi connectivity index (χ0) is 23.0. The fraction of sp³-hybridized carbons (Fsp3) is 0.333. The van der Waals surface area contributed by atoms with Crippen molar-refractivity contribution in [3.63, 3.8) is 0 Å². The average molecular weight is 452 g/mol. The van der Waals surface area contributed by atoms with Crippen LogP contribution in [0.25, 0.3) is 0 Å². The largest absolute Gasteiger partial charge is 0.497 e. The topological polar surface area (TPSA) is 114 Å². The summed E-state index contributed by atoms with van der Waals surface area (Å²) in [6.45, 7) is 3.20. The molecule has 0 aliphatic heterocycles. The monoisotopic (exact) mass is 451 g/mol. The molecule has 0 bridgehead atoms. The standard InChI is InChI=1S/C21H26FN3O5S/c1-14(2)20(25-31(28,29)18-7-5-4-6-17(18)22)21(27)24-13-19(26)23-12-15-8-10-16(30-3)11-9-15/h4-11,14,20,25H,12-13H2,1-3H3,(H,23,26)(H,24,27)/t20-/m0/s1. The van der Waals surface area contributed by atoms with Crippen molar-refractivity contribution in [1.82, 2.24) is 15.4 Å². The molecule has 0 saturated carbocycles. The molecule has 2 amide bonds. The van der Waals surface area contributed by atoms with E-state index in [0.717, 1.165) is 17.7 Å². The third-order valence-corrected chi connectivity index (χ3v) is 5.90. The van der Waals surface area contributed by atoms with Crippen LogP contribution in [0.4, 0.5) is 4.39 Å². The van der Waals surface area contributed by atoms with Crippen LogP contribution in [-0.2, 0) is 26.2 Å². The number of rotatable bonds is 10. The van der Waals surface area contributed by atoms with Crippen molar-refractivity contribution in [3.8, 4) is 5.75 Å². The molecular formula is C21H26FN3O5S. The molecule has 2 aromatic rings. The predicted molar refractivity (Wildman–Crippen MR) is 113 cm³/mol. The van der Waals surface area contributed by atoms with E-state index in [1.807, 2.05) is 0 Å². The number of nitrogens with one attached hydrogen (secondary N) is 3. The smallest absolute Gasteiger partial charge is 0.244 e. The molecule has 8 nitrogen and oxygen atoms in total. The van der Waals surface area contributed by atoms with E-state index < -0.39 is 44.5 Å². The molecule has 2 aromatic carbocycles. The molecule has 168 valence electrons. The van der Waals surface area contributed by atoms with Gasteiger partial charge in [0.1, 0.15) is 22.5 Å². The molecule has 2 rings (SSSR count). The highest BCUT2D eigenvalue weighted by Crippen LogP contribution is 2.15. The number of methoxy groups -OCH3 is 1. The van der Waals surface area contributed by atoms with E-state index in [2.05, 4.69) is 15.4 Å². The van der Waals surface area contributed by atoms with Crippen LogP contribution in [0, 0.1) is 11.7 Å². The second-order valence-corrected chi connectivity index (χ2v) is 8.80. The Morgan fingerprint density at radius 3 is 2.26 bits per heavy atom. The second kappa shape index (κ2) is 10.9. The van der Waals surface area contributed by atoms with Crippen molar-refractivity contribution in [2.75, 3.05) is 13.7 Å². The maximum atomic E-state index is 13.9. The molecule has 31 heavy (non-hydrogen) atoms. The van der Waals surface area contributed by atoms with E-state index >= 15 is 0 Å². The molecule has 0 fully saturated rings. The maximum Gasteiger partial charge on any atom is 0.244 e. The van der Waals surface area contributed by atoms with Crippen LogP contribution >= 0.6 is 0 Å². The summed E-state index contributed by atoms with van der Waals surface area (Å²) in [7, 11) is -2.71. The van der Waals surface area contributed by atoms with E-state index in [9.17, 15) is 22.4 Å². The van der Waals surface area contributed by atoms with Gasteiger partial charge in [-0.3, -0.25) is 9.59 Å². The first-order valence-electron chi connectivity index (χ1n) is 9.58. The molecule has 0 aliphatic carbocycles. The Labute approximate surface area is 181 Å². The van der Waals surface area contributed by atoms with Gasteiger partial charge in [0.15, 0.2) is 0 Å². The Hall–Kier alpha value is -2.98. The third-order valence-electron chi connectivity index (χ3n) is 4.43. The van der Waals surface area contributed by atoms with Crippen LogP contribution in [0.5, 0.6) is 5.75 Å². The number of ether oxygens (including phenoxy) is 1.